The van der Waals surface area contributed by atoms with Crippen molar-refractivity contribution in [3.63, 3.8) is 0 Å². The zero-order valence-electron chi connectivity index (χ0n) is 30.2. The summed E-state index contributed by atoms with van der Waals surface area (Å²) in [6.07, 6.45) is 2.09. The lowest BCUT2D eigenvalue weighted by Crippen LogP contribution is -2.60. The summed E-state index contributed by atoms with van der Waals surface area (Å²) >= 11 is 0. The van der Waals surface area contributed by atoms with Gasteiger partial charge >= 0.3 is 0 Å². The Balaban J connectivity index is 1.49. The van der Waals surface area contributed by atoms with Crippen molar-refractivity contribution in [2.75, 3.05) is 26.2 Å². The Bertz CT molecular complexity index is 1600. The van der Waals surface area contributed by atoms with Crippen molar-refractivity contribution in [1.82, 2.24) is 36.0 Å². The first-order valence-electron chi connectivity index (χ1n) is 18.4. The molecule has 4 aliphatic heterocycles. The molecule has 6 unspecified atom stereocenters. The number of hydrogen-bond acceptors (Lipinski definition) is 9. The van der Waals surface area contributed by atoms with Crippen LogP contribution in [0.2, 0.25) is 0 Å². The number of primary amides is 1. The fraction of sp³-hybridized carbons (Fsp3) is 0.611. The number of carbonyl (C=O) groups is 8. The Morgan fingerprint density at radius 1 is 0.736 bits per heavy atom. The molecule has 0 spiro atoms. The van der Waals surface area contributed by atoms with Gasteiger partial charge < -0.3 is 46.8 Å². The van der Waals surface area contributed by atoms with Gasteiger partial charge in [0.2, 0.25) is 47.3 Å². The molecule has 17 heteroatoms. The largest absolute Gasteiger partial charge is 0.508 e. The molecule has 0 saturated carbocycles. The average Bonchev–Trinajstić information content (AvgIpc) is 3.92. The number of nitrogens with zero attached hydrogens (tertiary/aromatic N) is 3. The molecule has 288 valence electrons. The molecule has 0 bridgehead atoms. The fourth-order valence-electron chi connectivity index (χ4n) is 7.65. The molecular weight excluding hydrogens is 688 g/mol. The van der Waals surface area contributed by atoms with Gasteiger partial charge in [-0.1, -0.05) is 26.0 Å². The molecule has 4 heterocycles. The second-order valence-electron chi connectivity index (χ2n) is 14.6. The SMILES string of the molecule is CC(C)C1NC(=O)C(Cc2ccc(O)cc2)NC(=O)C2CCCN2C(=O)C2CCCN2C(=O)C(CCC(N)=O)NC(=O)CNC(=O)C2CCCN2C1=O. The fourth-order valence-corrected chi connectivity index (χ4v) is 7.65. The van der Waals surface area contributed by atoms with Crippen molar-refractivity contribution in [3.8, 4) is 5.75 Å². The van der Waals surface area contributed by atoms with Crippen molar-refractivity contribution in [2.45, 2.75) is 108 Å². The summed E-state index contributed by atoms with van der Waals surface area (Å²) in [5.74, 6) is -5.15. The Labute approximate surface area is 307 Å². The van der Waals surface area contributed by atoms with E-state index < -0.39 is 96.0 Å². The van der Waals surface area contributed by atoms with Crippen LogP contribution in [0.15, 0.2) is 24.3 Å². The summed E-state index contributed by atoms with van der Waals surface area (Å²) < 4.78 is 0. The number of aromatic hydroxyl groups is 1. The summed E-state index contributed by atoms with van der Waals surface area (Å²) in [5, 5.41) is 20.6. The van der Waals surface area contributed by atoms with E-state index in [0.29, 0.717) is 44.1 Å². The van der Waals surface area contributed by atoms with Crippen LogP contribution in [0.5, 0.6) is 5.75 Å². The Morgan fingerprint density at radius 3 is 1.91 bits per heavy atom. The summed E-state index contributed by atoms with van der Waals surface area (Å²) in [6.45, 7) is 3.66. The molecular formula is C36H50N8O9. The summed E-state index contributed by atoms with van der Waals surface area (Å²) in [7, 11) is 0. The number of phenols is 1. The monoisotopic (exact) mass is 738 g/mol. The van der Waals surface area contributed by atoms with Crippen LogP contribution in [-0.4, -0.2) is 129 Å². The molecule has 17 nitrogen and oxygen atoms in total. The second kappa shape index (κ2) is 17.1. The summed E-state index contributed by atoms with van der Waals surface area (Å²) in [5.41, 5.74) is 5.99. The van der Waals surface area contributed by atoms with Gasteiger partial charge in [-0.05, 0) is 68.6 Å². The van der Waals surface area contributed by atoms with Gasteiger partial charge in [-0.25, -0.2) is 0 Å². The van der Waals surface area contributed by atoms with Gasteiger partial charge in [0.25, 0.3) is 0 Å². The second-order valence-corrected chi connectivity index (χ2v) is 14.6. The number of carbonyl (C=O) groups excluding carboxylic acids is 8. The predicted octanol–water partition coefficient (Wildman–Crippen LogP) is -1.59. The Hall–Kier alpha value is -5.22. The van der Waals surface area contributed by atoms with E-state index in [1.165, 1.54) is 26.8 Å². The molecule has 7 N–H and O–H groups in total. The molecule has 1 aromatic carbocycles. The van der Waals surface area contributed by atoms with Gasteiger partial charge in [-0.15, -0.1) is 0 Å². The minimum atomic E-state index is -1.22. The van der Waals surface area contributed by atoms with Gasteiger partial charge in [0.15, 0.2) is 0 Å². The Morgan fingerprint density at radius 2 is 1.30 bits per heavy atom. The first-order valence-corrected chi connectivity index (χ1v) is 18.4. The number of rotatable bonds is 6. The third kappa shape index (κ3) is 9.24. The minimum absolute atomic E-state index is 0.00486. The zero-order valence-corrected chi connectivity index (χ0v) is 30.2. The van der Waals surface area contributed by atoms with Crippen LogP contribution in [0.1, 0.15) is 70.8 Å². The molecule has 53 heavy (non-hydrogen) atoms. The third-order valence-electron chi connectivity index (χ3n) is 10.5. The topological polar surface area (TPSA) is 241 Å². The smallest absolute Gasteiger partial charge is 0.246 e. The van der Waals surface area contributed by atoms with Gasteiger partial charge in [0.1, 0.15) is 42.0 Å². The number of nitrogens with two attached hydrogens (primary N) is 1. The lowest BCUT2D eigenvalue weighted by molar-refractivity contribution is -0.148. The van der Waals surface area contributed by atoms with E-state index in [9.17, 15) is 43.5 Å². The van der Waals surface area contributed by atoms with Crippen LogP contribution in [0.4, 0.5) is 0 Å². The normalized spacial score (nSPS) is 28.1. The van der Waals surface area contributed by atoms with E-state index in [1.54, 1.807) is 26.0 Å². The van der Waals surface area contributed by atoms with E-state index in [2.05, 4.69) is 21.3 Å². The molecule has 0 aromatic heterocycles. The Kier molecular flexibility index (Phi) is 12.6. The van der Waals surface area contributed by atoms with Gasteiger partial charge in [0, 0.05) is 32.5 Å². The van der Waals surface area contributed by atoms with Gasteiger partial charge in [0.05, 0.1) is 6.54 Å². The van der Waals surface area contributed by atoms with Crippen molar-refractivity contribution in [1.29, 1.82) is 0 Å². The average molecular weight is 739 g/mol. The number of nitrogens with one attached hydrogen (secondary N) is 4. The first kappa shape index (κ1) is 39.0. The third-order valence-corrected chi connectivity index (χ3v) is 10.5. The number of benzene rings is 1. The maximum atomic E-state index is 14.1. The molecule has 0 aliphatic carbocycles. The van der Waals surface area contributed by atoms with E-state index in [-0.39, 0.29) is 44.6 Å². The van der Waals surface area contributed by atoms with E-state index in [4.69, 9.17) is 5.73 Å². The zero-order chi connectivity index (χ0) is 38.4. The minimum Gasteiger partial charge on any atom is -0.508 e. The number of hydrogen-bond donors (Lipinski definition) is 6. The highest BCUT2D eigenvalue weighted by atomic mass is 16.3. The molecule has 4 saturated heterocycles. The number of amides is 8. The molecule has 0 radical (unpaired) electrons. The molecule has 4 fully saturated rings. The lowest BCUT2D eigenvalue weighted by Gasteiger charge is -2.33. The van der Waals surface area contributed by atoms with Crippen LogP contribution in [0.3, 0.4) is 0 Å². The van der Waals surface area contributed by atoms with Crippen LogP contribution < -0.4 is 27.0 Å². The van der Waals surface area contributed by atoms with Gasteiger partial charge in [-0.3, -0.25) is 38.4 Å². The quantitative estimate of drug-likeness (QED) is 0.197. The molecule has 4 aliphatic rings. The maximum Gasteiger partial charge on any atom is 0.246 e. The maximum absolute atomic E-state index is 14.1. The van der Waals surface area contributed by atoms with Crippen LogP contribution in [-0.2, 0) is 44.8 Å². The standard InChI is InChI=1S/C36H50N8O9/c1-20(2)30-36(53)43-16-3-6-25(43)32(49)38-19-29(47)39-23(13-14-28(37)46)34(51)44-17-5-8-27(44)35(52)42-15-4-7-26(42)33(50)40-24(31(48)41-30)18-21-9-11-22(45)12-10-21/h9-12,20,23-27,30,45H,3-8,13-19H2,1-2H3,(H2,37,46)(H,38,49)(H,39,47)(H,40,50)(H,41,48). The van der Waals surface area contributed by atoms with Crippen LogP contribution >= 0.6 is 0 Å². The van der Waals surface area contributed by atoms with Gasteiger partial charge in [-0.2, -0.15) is 0 Å². The summed E-state index contributed by atoms with van der Waals surface area (Å²) in [4.78, 5) is 112. The van der Waals surface area contributed by atoms with Crippen molar-refractivity contribution < 1.29 is 43.5 Å². The van der Waals surface area contributed by atoms with Crippen molar-refractivity contribution >= 4 is 47.3 Å². The molecule has 5 rings (SSSR count). The number of fused-ring (bicyclic) bond motifs is 3. The predicted molar refractivity (Wildman–Crippen MR) is 188 cm³/mol. The van der Waals surface area contributed by atoms with Crippen LogP contribution in [0, 0.1) is 5.92 Å². The molecule has 8 amide bonds. The lowest BCUT2D eigenvalue weighted by atomic mass is 9.99. The summed E-state index contributed by atoms with van der Waals surface area (Å²) in [6, 6.07) is -0.139. The van der Waals surface area contributed by atoms with Crippen molar-refractivity contribution in [3.05, 3.63) is 29.8 Å². The highest BCUT2D eigenvalue weighted by molar-refractivity contribution is 5.98. The molecule has 1 aromatic rings. The van der Waals surface area contributed by atoms with Crippen molar-refractivity contribution in [2.24, 2.45) is 11.7 Å². The highest BCUT2D eigenvalue weighted by Gasteiger charge is 2.45. The van der Waals surface area contributed by atoms with E-state index in [1.807, 2.05) is 0 Å². The highest BCUT2D eigenvalue weighted by Crippen LogP contribution is 2.27. The van der Waals surface area contributed by atoms with E-state index >= 15 is 0 Å². The number of phenolic OH excluding ortho intramolecular Hbond substituents is 1. The first-order chi connectivity index (χ1) is 25.2. The molecule has 6 atom stereocenters. The van der Waals surface area contributed by atoms with E-state index in [0.717, 1.165) is 0 Å². The van der Waals surface area contributed by atoms with Crippen LogP contribution in [0.25, 0.3) is 0 Å².